The third kappa shape index (κ3) is 2.60. The molecule has 0 saturated carbocycles. The van der Waals surface area contributed by atoms with Crippen LogP contribution < -0.4 is 5.32 Å². The minimum absolute atomic E-state index is 0.0746. The molecular weight excluding hydrogens is 316 g/mol. The summed E-state index contributed by atoms with van der Waals surface area (Å²) in [5, 5.41) is 21.6. The van der Waals surface area contributed by atoms with E-state index < -0.39 is 24.0 Å². The number of carbonyl (C=O) groups is 2. The van der Waals surface area contributed by atoms with Gasteiger partial charge in [-0.15, -0.1) is 0 Å². The molecule has 7 heteroatoms. The Balaban J connectivity index is 2.52. The van der Waals surface area contributed by atoms with Crippen LogP contribution >= 0.6 is 15.9 Å². The first kappa shape index (κ1) is 13.5. The summed E-state index contributed by atoms with van der Waals surface area (Å²) in [5.74, 6) is -2.18. The number of aliphatic imine (C=N–C) groups is 1. The van der Waals surface area contributed by atoms with E-state index in [0.717, 1.165) is 0 Å². The van der Waals surface area contributed by atoms with Crippen LogP contribution in [0.5, 0.6) is 5.75 Å². The Morgan fingerprint density at radius 2 is 2.16 bits per heavy atom. The number of aromatic hydroxyl groups is 1. The van der Waals surface area contributed by atoms with Crippen molar-refractivity contribution in [3.63, 3.8) is 0 Å². The van der Waals surface area contributed by atoms with E-state index >= 15 is 0 Å². The smallest absolute Gasteiger partial charge is 0.341 e. The van der Waals surface area contributed by atoms with Crippen LogP contribution in [-0.2, 0) is 4.79 Å². The summed E-state index contributed by atoms with van der Waals surface area (Å²) in [5.41, 5.74) is 0.546. The van der Waals surface area contributed by atoms with Crippen LogP contribution in [0.15, 0.2) is 27.7 Å². The van der Waals surface area contributed by atoms with Gasteiger partial charge in [0.15, 0.2) is 0 Å². The van der Waals surface area contributed by atoms with E-state index in [-0.39, 0.29) is 11.5 Å². The van der Waals surface area contributed by atoms with Crippen molar-refractivity contribution in [1.82, 2.24) is 5.32 Å². The molecule has 1 aliphatic heterocycles. The van der Waals surface area contributed by atoms with Crippen LogP contribution in [0, 0.1) is 5.92 Å². The van der Waals surface area contributed by atoms with Crippen molar-refractivity contribution in [1.29, 1.82) is 0 Å². The van der Waals surface area contributed by atoms with E-state index in [0.29, 0.717) is 10.0 Å². The van der Waals surface area contributed by atoms with Gasteiger partial charge in [-0.25, -0.2) is 9.79 Å². The van der Waals surface area contributed by atoms with Crippen LogP contribution in [0.3, 0.4) is 0 Å². The molecule has 2 atom stereocenters. The number of nitrogens with one attached hydrogen (secondary N) is 1. The second-order valence-corrected chi connectivity index (χ2v) is 5.12. The highest BCUT2D eigenvalue weighted by Gasteiger charge is 2.38. The zero-order valence-corrected chi connectivity index (χ0v) is 11.5. The highest BCUT2D eigenvalue weighted by atomic mass is 79.9. The molecule has 100 valence electrons. The number of carboxylic acid groups (broad SMARTS) is 1. The maximum Gasteiger partial charge on any atom is 0.341 e. The van der Waals surface area contributed by atoms with Crippen molar-refractivity contribution < 1.29 is 19.8 Å². The van der Waals surface area contributed by atoms with Gasteiger partial charge in [-0.05, 0) is 25.1 Å². The van der Waals surface area contributed by atoms with Gasteiger partial charge in [0, 0.05) is 15.7 Å². The van der Waals surface area contributed by atoms with Crippen molar-refractivity contribution in [2.24, 2.45) is 10.9 Å². The molecule has 3 N–H and O–H groups in total. The summed E-state index contributed by atoms with van der Waals surface area (Å²) in [6.07, 6.45) is 0. The predicted molar refractivity (Wildman–Crippen MR) is 71.3 cm³/mol. The fourth-order valence-electron chi connectivity index (χ4n) is 2.07. The number of urea groups is 1. The molecule has 19 heavy (non-hydrogen) atoms. The lowest BCUT2D eigenvalue weighted by atomic mass is 9.88. The fraction of sp³-hybridized carbons (Fsp3) is 0.250. The van der Waals surface area contributed by atoms with Gasteiger partial charge in [-0.3, -0.25) is 4.79 Å². The lowest BCUT2D eigenvalue weighted by molar-refractivity contribution is -0.140. The molecule has 6 nitrogen and oxygen atoms in total. The van der Waals surface area contributed by atoms with E-state index in [1.54, 1.807) is 12.1 Å². The first-order valence-electron chi connectivity index (χ1n) is 5.47. The predicted octanol–water partition coefficient (Wildman–Crippen LogP) is 2.08. The molecule has 2 unspecified atom stereocenters. The number of carboxylic acids is 1. The largest absolute Gasteiger partial charge is 0.508 e. The average Bonchev–Trinajstić information content (AvgIpc) is 2.30. The summed E-state index contributed by atoms with van der Waals surface area (Å²) >= 11 is 3.25. The van der Waals surface area contributed by atoms with Crippen molar-refractivity contribution in [3.05, 3.63) is 28.2 Å². The minimum atomic E-state index is -1.11. The topological polar surface area (TPSA) is 99.0 Å². The number of rotatable bonds is 2. The molecule has 1 aromatic carbocycles. The number of carbonyl (C=O) groups excluding carboxylic acids is 1. The van der Waals surface area contributed by atoms with Gasteiger partial charge in [0.25, 0.3) is 0 Å². The van der Waals surface area contributed by atoms with Crippen molar-refractivity contribution >= 4 is 33.6 Å². The van der Waals surface area contributed by atoms with Crippen molar-refractivity contribution in [2.75, 3.05) is 0 Å². The van der Waals surface area contributed by atoms with Gasteiger partial charge in [-0.2, -0.15) is 0 Å². The summed E-state index contributed by atoms with van der Waals surface area (Å²) in [7, 11) is 0. The van der Waals surface area contributed by atoms with Gasteiger partial charge in [0.2, 0.25) is 0 Å². The quantitative estimate of drug-likeness (QED) is 0.774. The van der Waals surface area contributed by atoms with Gasteiger partial charge < -0.3 is 15.5 Å². The minimum Gasteiger partial charge on any atom is -0.508 e. The van der Waals surface area contributed by atoms with Crippen LogP contribution in [0.1, 0.15) is 18.5 Å². The number of halogens is 1. The fourth-order valence-corrected chi connectivity index (χ4v) is 2.45. The van der Waals surface area contributed by atoms with E-state index in [4.69, 9.17) is 0 Å². The summed E-state index contributed by atoms with van der Waals surface area (Å²) < 4.78 is 0.679. The average molecular weight is 327 g/mol. The number of phenols is 1. The van der Waals surface area contributed by atoms with Crippen LogP contribution in [0.25, 0.3) is 0 Å². The Kier molecular flexibility index (Phi) is 3.57. The molecule has 1 aliphatic rings. The number of hydrogen-bond donors (Lipinski definition) is 3. The van der Waals surface area contributed by atoms with Crippen molar-refractivity contribution in [3.8, 4) is 5.75 Å². The van der Waals surface area contributed by atoms with Crippen molar-refractivity contribution in [2.45, 2.75) is 13.0 Å². The number of benzene rings is 1. The number of amides is 2. The molecular formula is C12H11BrN2O4. The maximum absolute atomic E-state index is 11.4. The molecule has 0 spiro atoms. The van der Waals surface area contributed by atoms with E-state index in [1.807, 2.05) is 0 Å². The molecule has 0 saturated heterocycles. The molecule has 0 fully saturated rings. The highest BCUT2D eigenvalue weighted by Crippen LogP contribution is 2.34. The molecule has 1 aromatic rings. The molecule has 1 heterocycles. The highest BCUT2D eigenvalue weighted by molar-refractivity contribution is 9.10. The monoisotopic (exact) mass is 326 g/mol. The first-order chi connectivity index (χ1) is 8.90. The van der Waals surface area contributed by atoms with E-state index in [2.05, 4.69) is 26.2 Å². The number of nitrogens with zero attached hydrogens (tertiary/aromatic N) is 1. The SMILES string of the molecule is CC1=NC(=O)NC(c2cc(Br)ccc2O)C1C(=O)O. The standard InChI is InChI=1S/C12H11BrN2O4/c1-5-9(11(17)18)10(15-12(19)14-5)7-4-6(13)2-3-8(7)16/h2-4,9-10,16H,1H3,(H,15,19)(H,17,18). The Hall–Kier alpha value is -1.89. The number of aliphatic carboxylic acids is 1. The Morgan fingerprint density at radius 3 is 2.79 bits per heavy atom. The Morgan fingerprint density at radius 1 is 1.47 bits per heavy atom. The molecule has 0 aromatic heterocycles. The maximum atomic E-state index is 11.4. The molecule has 0 radical (unpaired) electrons. The van der Waals surface area contributed by atoms with Gasteiger partial charge in [-0.1, -0.05) is 15.9 Å². The molecule has 0 bridgehead atoms. The van der Waals surface area contributed by atoms with E-state index in [9.17, 15) is 19.8 Å². The van der Waals surface area contributed by atoms with Gasteiger partial charge >= 0.3 is 12.0 Å². The third-order valence-electron chi connectivity index (χ3n) is 2.93. The zero-order chi connectivity index (χ0) is 14.2. The Labute approximate surface area is 117 Å². The second kappa shape index (κ2) is 5.00. The van der Waals surface area contributed by atoms with Gasteiger partial charge in [0.1, 0.15) is 11.7 Å². The van der Waals surface area contributed by atoms with Crippen LogP contribution in [0.4, 0.5) is 4.79 Å². The number of phenolic OH excluding ortho intramolecular Hbond substituents is 1. The second-order valence-electron chi connectivity index (χ2n) is 4.20. The summed E-state index contributed by atoms with van der Waals surface area (Å²) in [4.78, 5) is 26.4. The normalized spacial score (nSPS) is 22.6. The van der Waals surface area contributed by atoms with E-state index in [1.165, 1.54) is 13.0 Å². The summed E-state index contributed by atoms with van der Waals surface area (Å²) in [6.45, 7) is 1.49. The number of hydrogen-bond acceptors (Lipinski definition) is 3. The zero-order valence-electron chi connectivity index (χ0n) is 9.92. The molecule has 0 aliphatic carbocycles. The molecule has 2 amide bonds. The Bertz CT molecular complexity index is 585. The van der Waals surface area contributed by atoms with Gasteiger partial charge in [0.05, 0.1) is 6.04 Å². The lowest BCUT2D eigenvalue weighted by Crippen LogP contribution is -2.43. The first-order valence-corrected chi connectivity index (χ1v) is 6.26. The molecule has 2 rings (SSSR count). The van der Waals surface area contributed by atoms with Crippen LogP contribution in [0.2, 0.25) is 0 Å². The lowest BCUT2D eigenvalue weighted by Gasteiger charge is -2.28. The third-order valence-corrected chi connectivity index (χ3v) is 3.42. The summed E-state index contributed by atoms with van der Waals surface area (Å²) in [6, 6.07) is 3.18. The van der Waals surface area contributed by atoms with Crippen LogP contribution in [-0.4, -0.2) is 27.9 Å².